The minimum absolute atomic E-state index is 0.0710. The van der Waals surface area contributed by atoms with Crippen molar-refractivity contribution in [1.82, 2.24) is 0 Å². The van der Waals surface area contributed by atoms with E-state index in [1.165, 1.54) is 0 Å². The molecule has 0 aromatic heterocycles. The van der Waals surface area contributed by atoms with Gasteiger partial charge >= 0.3 is 11.9 Å². The van der Waals surface area contributed by atoms with Crippen LogP contribution in [0.5, 0.6) is 0 Å². The minimum atomic E-state index is -0.194. The second-order valence-electron chi connectivity index (χ2n) is 4.96. The van der Waals surface area contributed by atoms with E-state index in [-0.39, 0.29) is 35.8 Å². The van der Waals surface area contributed by atoms with Crippen LogP contribution in [0.25, 0.3) is 0 Å². The Kier molecular flexibility index (Phi) is 4.97. The summed E-state index contributed by atoms with van der Waals surface area (Å²) in [6, 6.07) is 0. The predicted molar refractivity (Wildman–Crippen MR) is 63.2 cm³/mol. The predicted octanol–water partition coefficient (Wildman–Crippen LogP) is 2.16. The Morgan fingerprint density at radius 1 is 1.53 bits per heavy atom. The second kappa shape index (κ2) is 6.03. The number of carbonyl (C=O) groups is 2. The Hall–Kier alpha value is -1.06. The fraction of sp³-hybridized carbons (Fsp3) is 0.846. The van der Waals surface area contributed by atoms with Crippen LogP contribution in [0.4, 0.5) is 0 Å². The van der Waals surface area contributed by atoms with Gasteiger partial charge in [0.25, 0.3) is 0 Å². The fourth-order valence-corrected chi connectivity index (χ4v) is 1.85. The normalized spacial score (nSPS) is 30.6. The average Bonchev–Trinajstić information content (AvgIpc) is 2.30. The van der Waals surface area contributed by atoms with Crippen molar-refractivity contribution in [3.05, 3.63) is 0 Å². The topological polar surface area (TPSA) is 52.6 Å². The number of esters is 2. The first-order chi connectivity index (χ1) is 7.95. The third-order valence-corrected chi connectivity index (χ3v) is 3.68. The SMILES string of the molecule is CCC(C)C(=O)OC[C@@H]1CC(=O)O[C@@H](C)[C@@H]1C. The molecule has 0 amide bonds. The van der Waals surface area contributed by atoms with E-state index in [1.54, 1.807) is 0 Å². The first kappa shape index (κ1) is 14.0. The Bertz CT molecular complexity index is 287. The highest BCUT2D eigenvalue weighted by Gasteiger charge is 2.34. The molecule has 1 aliphatic rings. The maximum atomic E-state index is 11.5. The maximum Gasteiger partial charge on any atom is 0.308 e. The molecule has 0 saturated carbocycles. The molecule has 1 rings (SSSR count). The summed E-state index contributed by atoms with van der Waals surface area (Å²) in [5.74, 6) is -0.124. The lowest BCUT2D eigenvalue weighted by atomic mass is 9.85. The largest absolute Gasteiger partial charge is 0.465 e. The maximum absolute atomic E-state index is 11.5. The number of hydrogen-bond acceptors (Lipinski definition) is 4. The number of cyclic esters (lactones) is 1. The van der Waals surface area contributed by atoms with Crippen molar-refractivity contribution >= 4 is 11.9 Å². The molecule has 4 heteroatoms. The Morgan fingerprint density at radius 3 is 2.76 bits per heavy atom. The summed E-state index contributed by atoms with van der Waals surface area (Å²) in [6.45, 7) is 8.03. The smallest absolute Gasteiger partial charge is 0.308 e. The quantitative estimate of drug-likeness (QED) is 0.709. The van der Waals surface area contributed by atoms with Crippen molar-refractivity contribution in [2.45, 2.75) is 46.6 Å². The van der Waals surface area contributed by atoms with E-state index in [0.717, 1.165) is 6.42 Å². The van der Waals surface area contributed by atoms with E-state index >= 15 is 0 Å². The van der Waals surface area contributed by atoms with Crippen LogP contribution in [0.3, 0.4) is 0 Å². The van der Waals surface area contributed by atoms with Gasteiger partial charge < -0.3 is 9.47 Å². The van der Waals surface area contributed by atoms with Gasteiger partial charge in [-0.25, -0.2) is 0 Å². The van der Waals surface area contributed by atoms with Gasteiger partial charge in [0.1, 0.15) is 6.10 Å². The third kappa shape index (κ3) is 3.72. The molecule has 0 aromatic rings. The van der Waals surface area contributed by atoms with Crippen molar-refractivity contribution in [1.29, 1.82) is 0 Å². The van der Waals surface area contributed by atoms with Gasteiger partial charge in [-0.2, -0.15) is 0 Å². The summed E-state index contributed by atoms with van der Waals surface area (Å²) < 4.78 is 10.4. The summed E-state index contributed by atoms with van der Waals surface area (Å²) in [5, 5.41) is 0. The van der Waals surface area contributed by atoms with Gasteiger partial charge in [0, 0.05) is 5.92 Å². The minimum Gasteiger partial charge on any atom is -0.465 e. The zero-order valence-corrected chi connectivity index (χ0v) is 11.1. The van der Waals surface area contributed by atoms with E-state index in [9.17, 15) is 9.59 Å². The molecule has 0 N–H and O–H groups in total. The Morgan fingerprint density at radius 2 is 2.18 bits per heavy atom. The van der Waals surface area contributed by atoms with Gasteiger partial charge in [-0.05, 0) is 19.3 Å². The molecule has 1 saturated heterocycles. The first-order valence-electron chi connectivity index (χ1n) is 6.31. The Balaban J connectivity index is 2.45. The van der Waals surface area contributed by atoms with Gasteiger partial charge in [-0.3, -0.25) is 9.59 Å². The fourth-order valence-electron chi connectivity index (χ4n) is 1.85. The van der Waals surface area contributed by atoms with Crippen LogP contribution in [-0.2, 0) is 19.1 Å². The highest BCUT2D eigenvalue weighted by atomic mass is 16.5. The van der Waals surface area contributed by atoms with E-state index < -0.39 is 0 Å². The monoisotopic (exact) mass is 242 g/mol. The zero-order valence-electron chi connectivity index (χ0n) is 11.1. The molecule has 0 aliphatic carbocycles. The molecule has 98 valence electrons. The molecule has 4 nitrogen and oxygen atoms in total. The summed E-state index contributed by atoms with van der Waals surface area (Å²) >= 11 is 0. The molecule has 1 fully saturated rings. The van der Waals surface area contributed by atoms with E-state index in [0.29, 0.717) is 13.0 Å². The number of hydrogen-bond donors (Lipinski definition) is 0. The highest BCUT2D eigenvalue weighted by Crippen LogP contribution is 2.27. The van der Waals surface area contributed by atoms with Crippen LogP contribution >= 0.6 is 0 Å². The molecule has 1 heterocycles. The third-order valence-electron chi connectivity index (χ3n) is 3.68. The van der Waals surface area contributed by atoms with Crippen LogP contribution in [0, 0.1) is 17.8 Å². The van der Waals surface area contributed by atoms with Crippen LogP contribution in [0.1, 0.15) is 40.5 Å². The molecule has 0 bridgehead atoms. The van der Waals surface area contributed by atoms with Crippen molar-refractivity contribution < 1.29 is 19.1 Å². The lowest BCUT2D eigenvalue weighted by Crippen LogP contribution is -2.38. The number of ether oxygens (including phenoxy) is 2. The van der Waals surface area contributed by atoms with Crippen molar-refractivity contribution in [2.24, 2.45) is 17.8 Å². The first-order valence-corrected chi connectivity index (χ1v) is 6.31. The van der Waals surface area contributed by atoms with Crippen molar-refractivity contribution in [2.75, 3.05) is 6.61 Å². The highest BCUT2D eigenvalue weighted by molar-refractivity contribution is 5.72. The van der Waals surface area contributed by atoms with Gasteiger partial charge in [-0.1, -0.05) is 20.8 Å². The van der Waals surface area contributed by atoms with Crippen LogP contribution < -0.4 is 0 Å². The van der Waals surface area contributed by atoms with Gasteiger partial charge in [-0.15, -0.1) is 0 Å². The molecule has 0 spiro atoms. The average molecular weight is 242 g/mol. The molecule has 1 unspecified atom stereocenters. The van der Waals surface area contributed by atoms with E-state index in [4.69, 9.17) is 9.47 Å². The van der Waals surface area contributed by atoms with Crippen LogP contribution in [-0.4, -0.2) is 24.6 Å². The van der Waals surface area contributed by atoms with E-state index in [1.807, 2.05) is 27.7 Å². The Labute approximate surface area is 103 Å². The summed E-state index contributed by atoms with van der Waals surface area (Å²) in [5.41, 5.74) is 0. The molecule has 0 radical (unpaired) electrons. The lowest BCUT2D eigenvalue weighted by molar-refractivity contribution is -0.167. The number of carbonyl (C=O) groups excluding carboxylic acids is 2. The van der Waals surface area contributed by atoms with Crippen molar-refractivity contribution in [3.8, 4) is 0 Å². The van der Waals surface area contributed by atoms with Gasteiger partial charge in [0.05, 0.1) is 18.9 Å². The summed E-state index contributed by atoms with van der Waals surface area (Å²) in [4.78, 5) is 22.8. The zero-order chi connectivity index (χ0) is 13.0. The second-order valence-corrected chi connectivity index (χ2v) is 4.96. The van der Waals surface area contributed by atoms with Crippen LogP contribution in [0.15, 0.2) is 0 Å². The van der Waals surface area contributed by atoms with Gasteiger partial charge in [0.2, 0.25) is 0 Å². The molecular weight excluding hydrogens is 220 g/mol. The van der Waals surface area contributed by atoms with Crippen LogP contribution in [0.2, 0.25) is 0 Å². The van der Waals surface area contributed by atoms with E-state index in [2.05, 4.69) is 0 Å². The van der Waals surface area contributed by atoms with Gasteiger partial charge in [0.15, 0.2) is 0 Å². The molecule has 0 aromatic carbocycles. The number of rotatable bonds is 4. The molecule has 1 aliphatic heterocycles. The lowest BCUT2D eigenvalue weighted by Gasteiger charge is -2.33. The van der Waals surface area contributed by atoms with Crippen molar-refractivity contribution in [3.63, 3.8) is 0 Å². The summed E-state index contributed by atoms with van der Waals surface area (Å²) in [7, 11) is 0. The molecular formula is C13H22O4. The standard InChI is InChI=1S/C13H22O4/c1-5-8(2)13(15)16-7-11-6-12(14)17-10(4)9(11)3/h8-11H,5-7H2,1-4H3/t8?,9-,10-,11-/m0/s1. The molecule has 17 heavy (non-hydrogen) atoms. The molecule has 4 atom stereocenters. The summed E-state index contributed by atoms with van der Waals surface area (Å²) in [6.07, 6.45) is 1.03.